The molecule has 2 aliphatic heterocycles. The Kier molecular flexibility index (Phi) is 5.50. The number of thiophene rings is 1. The summed E-state index contributed by atoms with van der Waals surface area (Å²) in [6, 6.07) is 18.8. The second kappa shape index (κ2) is 8.48. The summed E-state index contributed by atoms with van der Waals surface area (Å²) in [6.07, 6.45) is 1.11. The maximum absolute atomic E-state index is 13.4. The maximum atomic E-state index is 13.4. The molecular weight excluding hydrogens is 434 g/mol. The number of carbonyl (C=O) groups excluding carboxylic acids is 3. The molecule has 0 N–H and O–H groups in total. The Morgan fingerprint density at radius 3 is 2.58 bits per heavy atom. The first-order valence-electron chi connectivity index (χ1n) is 11.1. The van der Waals surface area contributed by atoms with E-state index >= 15 is 0 Å². The van der Waals surface area contributed by atoms with Crippen molar-refractivity contribution in [3.05, 3.63) is 82.6 Å². The van der Waals surface area contributed by atoms with Crippen LogP contribution in [0.3, 0.4) is 0 Å². The Bertz CT molecular complexity index is 1190. The zero-order chi connectivity index (χ0) is 23.0. The van der Waals surface area contributed by atoms with Crippen molar-refractivity contribution in [3.8, 4) is 0 Å². The minimum atomic E-state index is -0.756. The molecule has 0 spiro atoms. The highest BCUT2D eigenvalue weighted by Gasteiger charge is 2.52. The number of rotatable bonds is 6. The summed E-state index contributed by atoms with van der Waals surface area (Å²) in [5.41, 5.74) is 2.32. The van der Waals surface area contributed by atoms with Gasteiger partial charge in [-0.15, -0.1) is 0 Å². The van der Waals surface area contributed by atoms with Crippen molar-refractivity contribution in [3.63, 3.8) is 0 Å². The lowest BCUT2D eigenvalue weighted by Crippen LogP contribution is -2.62. The molecule has 168 valence electrons. The lowest BCUT2D eigenvalue weighted by atomic mass is 9.98. The van der Waals surface area contributed by atoms with Gasteiger partial charge in [0.2, 0.25) is 11.8 Å². The summed E-state index contributed by atoms with van der Waals surface area (Å²) >= 11 is 1.60. The number of hydrogen-bond acceptors (Lipinski definition) is 4. The van der Waals surface area contributed by atoms with Crippen LogP contribution in [-0.4, -0.2) is 34.8 Å². The highest BCUT2D eigenvalue weighted by Crippen LogP contribution is 2.44. The van der Waals surface area contributed by atoms with Crippen molar-refractivity contribution in [2.45, 2.75) is 38.4 Å². The third kappa shape index (κ3) is 3.72. The summed E-state index contributed by atoms with van der Waals surface area (Å²) in [4.78, 5) is 44.9. The Hall–Kier alpha value is -3.45. The van der Waals surface area contributed by atoms with Crippen LogP contribution in [0.15, 0.2) is 71.4 Å². The van der Waals surface area contributed by atoms with Crippen molar-refractivity contribution in [2.24, 2.45) is 0 Å². The van der Waals surface area contributed by atoms with Crippen molar-refractivity contribution in [2.75, 3.05) is 16.3 Å². The molecule has 2 aromatic carbocycles. The molecule has 2 aliphatic rings. The third-order valence-electron chi connectivity index (χ3n) is 6.58. The molecule has 33 heavy (non-hydrogen) atoms. The van der Waals surface area contributed by atoms with Crippen LogP contribution >= 0.6 is 11.3 Å². The van der Waals surface area contributed by atoms with E-state index in [-0.39, 0.29) is 30.7 Å². The lowest BCUT2D eigenvalue weighted by molar-refractivity contribution is -0.119. The largest absolute Gasteiger partial charge is 0.315 e. The fraction of sp³-hybridized carbons (Fsp3) is 0.269. The number of anilines is 2. The zero-order valence-electron chi connectivity index (χ0n) is 18.4. The van der Waals surface area contributed by atoms with E-state index in [4.69, 9.17) is 0 Å². The number of nitrogens with zero attached hydrogens (tertiary/aromatic N) is 3. The molecular formula is C26H25N3O3S. The molecule has 7 heteroatoms. The molecule has 0 bridgehead atoms. The predicted molar refractivity (Wildman–Crippen MR) is 129 cm³/mol. The smallest absolute Gasteiger partial charge is 0.257 e. The number of amides is 3. The molecule has 0 aliphatic carbocycles. The lowest BCUT2D eigenvalue weighted by Gasteiger charge is -2.48. The predicted octanol–water partition coefficient (Wildman–Crippen LogP) is 4.67. The van der Waals surface area contributed by atoms with Crippen LogP contribution in [0.1, 0.15) is 42.1 Å². The Labute approximate surface area is 197 Å². The van der Waals surface area contributed by atoms with Crippen LogP contribution in [0.5, 0.6) is 0 Å². The van der Waals surface area contributed by atoms with Gasteiger partial charge < -0.3 is 9.80 Å². The third-order valence-corrected chi connectivity index (χ3v) is 7.32. The Morgan fingerprint density at radius 2 is 1.82 bits per heavy atom. The molecule has 0 radical (unpaired) electrons. The van der Waals surface area contributed by atoms with E-state index in [1.54, 1.807) is 38.2 Å². The topological polar surface area (TPSA) is 60.9 Å². The average Bonchev–Trinajstić information content (AvgIpc) is 3.45. The molecule has 3 aromatic rings. The van der Waals surface area contributed by atoms with Crippen LogP contribution in [0.4, 0.5) is 11.4 Å². The number of para-hydroxylation sites is 2. The molecule has 5 rings (SSSR count). The molecule has 1 fully saturated rings. The summed E-state index contributed by atoms with van der Waals surface area (Å²) < 4.78 is 0. The first-order valence-corrected chi connectivity index (χ1v) is 12.0. The standard InChI is InChI=1S/C26H25N3O3S/c1-26-14-11-24(31)29(26)22-10-6-5-9-21(22)25(32)28(26)15-12-23(30)27(17-19-13-16-33-18-19)20-7-3-2-4-8-20/h2-10,13,16,18H,11-12,14-15,17H2,1H3/t26-/m0/s1. The van der Waals surface area contributed by atoms with Gasteiger partial charge in [-0.3, -0.25) is 19.3 Å². The number of hydrogen-bond donors (Lipinski definition) is 0. The summed E-state index contributed by atoms with van der Waals surface area (Å²) in [7, 11) is 0. The molecule has 1 aromatic heterocycles. The quantitative estimate of drug-likeness (QED) is 0.538. The van der Waals surface area contributed by atoms with Gasteiger partial charge in [0.05, 0.1) is 17.8 Å². The fourth-order valence-corrected chi connectivity index (χ4v) is 5.54. The van der Waals surface area contributed by atoms with Crippen molar-refractivity contribution in [1.82, 2.24) is 4.90 Å². The van der Waals surface area contributed by atoms with Crippen LogP contribution in [-0.2, 0) is 16.1 Å². The van der Waals surface area contributed by atoms with Gasteiger partial charge in [-0.1, -0.05) is 30.3 Å². The number of benzene rings is 2. The minimum Gasteiger partial charge on any atom is -0.315 e. The van der Waals surface area contributed by atoms with E-state index in [9.17, 15) is 14.4 Å². The van der Waals surface area contributed by atoms with E-state index in [0.717, 1.165) is 11.3 Å². The van der Waals surface area contributed by atoms with Gasteiger partial charge in [0, 0.05) is 25.1 Å². The molecule has 3 heterocycles. The van der Waals surface area contributed by atoms with Gasteiger partial charge in [-0.2, -0.15) is 11.3 Å². The van der Waals surface area contributed by atoms with Gasteiger partial charge in [0.25, 0.3) is 5.91 Å². The maximum Gasteiger partial charge on any atom is 0.257 e. The van der Waals surface area contributed by atoms with Crippen LogP contribution in [0.25, 0.3) is 0 Å². The average molecular weight is 460 g/mol. The SMILES string of the molecule is C[C@@]12CCC(=O)N1c1ccccc1C(=O)N2CCC(=O)N(Cc1ccsc1)c1ccccc1. The first kappa shape index (κ1) is 21.4. The van der Waals surface area contributed by atoms with E-state index in [0.29, 0.717) is 30.6 Å². The normalized spacial score (nSPS) is 19.4. The van der Waals surface area contributed by atoms with Crippen LogP contribution in [0, 0.1) is 0 Å². The second-order valence-corrected chi connectivity index (χ2v) is 9.40. The number of fused-ring (bicyclic) bond motifs is 3. The van der Waals surface area contributed by atoms with Crippen molar-refractivity contribution in [1.29, 1.82) is 0 Å². The van der Waals surface area contributed by atoms with Crippen LogP contribution in [0.2, 0.25) is 0 Å². The molecule has 6 nitrogen and oxygen atoms in total. The van der Waals surface area contributed by atoms with Crippen molar-refractivity contribution < 1.29 is 14.4 Å². The molecule has 1 saturated heterocycles. The minimum absolute atomic E-state index is 0.0112. The molecule has 1 atom stereocenters. The summed E-state index contributed by atoms with van der Waals surface area (Å²) in [5.74, 6) is -0.174. The molecule has 3 amide bonds. The first-order chi connectivity index (χ1) is 16.0. The van der Waals surface area contributed by atoms with Gasteiger partial charge in [0.15, 0.2) is 0 Å². The highest BCUT2D eigenvalue weighted by molar-refractivity contribution is 7.07. The Balaban J connectivity index is 1.41. The van der Waals surface area contributed by atoms with Gasteiger partial charge in [-0.25, -0.2) is 0 Å². The molecule has 0 saturated carbocycles. The number of carbonyl (C=O) groups is 3. The summed E-state index contributed by atoms with van der Waals surface area (Å²) in [6.45, 7) is 2.65. The highest BCUT2D eigenvalue weighted by atomic mass is 32.1. The second-order valence-electron chi connectivity index (χ2n) is 8.62. The van der Waals surface area contributed by atoms with Gasteiger partial charge >= 0.3 is 0 Å². The zero-order valence-corrected chi connectivity index (χ0v) is 19.3. The van der Waals surface area contributed by atoms with E-state index < -0.39 is 5.66 Å². The van der Waals surface area contributed by atoms with Crippen LogP contribution < -0.4 is 9.80 Å². The fourth-order valence-electron chi connectivity index (χ4n) is 4.88. The summed E-state index contributed by atoms with van der Waals surface area (Å²) in [5, 5.41) is 4.04. The Morgan fingerprint density at radius 1 is 1.06 bits per heavy atom. The van der Waals surface area contributed by atoms with Gasteiger partial charge in [-0.05, 0) is 60.0 Å². The van der Waals surface area contributed by atoms with Crippen molar-refractivity contribution >= 4 is 40.4 Å². The molecule has 0 unspecified atom stereocenters. The van der Waals surface area contributed by atoms with Gasteiger partial charge in [0.1, 0.15) is 5.66 Å². The monoisotopic (exact) mass is 459 g/mol. The van der Waals surface area contributed by atoms with E-state index in [1.165, 1.54) is 0 Å². The van der Waals surface area contributed by atoms with E-state index in [2.05, 4.69) is 0 Å². The van der Waals surface area contributed by atoms with E-state index in [1.807, 2.05) is 66.2 Å².